The summed E-state index contributed by atoms with van der Waals surface area (Å²) in [6.45, 7) is 4.38. The van der Waals surface area contributed by atoms with E-state index in [0.717, 1.165) is 13.1 Å². The van der Waals surface area contributed by atoms with Crippen LogP contribution in [-0.4, -0.2) is 31.3 Å². The fourth-order valence-electron chi connectivity index (χ4n) is 1.64. The first kappa shape index (κ1) is 14.8. The van der Waals surface area contributed by atoms with Gasteiger partial charge in [-0.3, -0.25) is 4.68 Å². The third-order valence-corrected chi connectivity index (χ3v) is 4.06. The molecule has 0 aliphatic carbocycles. The van der Waals surface area contributed by atoms with Gasteiger partial charge in [-0.1, -0.05) is 6.92 Å². The van der Waals surface area contributed by atoms with E-state index in [2.05, 4.69) is 15.1 Å². The number of hydrogen-bond acceptors (Lipinski definition) is 5. The quantitative estimate of drug-likeness (QED) is 0.695. The first-order valence-corrected chi connectivity index (χ1v) is 7.85. The smallest absolute Gasteiger partial charge is 0.244 e. The normalized spacial score (nSPS) is 11.8. The molecule has 20 heavy (non-hydrogen) atoms. The minimum atomic E-state index is -3.56. The molecule has 8 heteroatoms. The van der Waals surface area contributed by atoms with Crippen molar-refractivity contribution in [1.29, 1.82) is 0 Å². The van der Waals surface area contributed by atoms with Crippen LogP contribution in [0.3, 0.4) is 0 Å². The molecule has 0 aliphatic heterocycles. The predicted octanol–water partition coefficient (Wildman–Crippen LogP) is 0.564. The van der Waals surface area contributed by atoms with Gasteiger partial charge in [0.1, 0.15) is 10.7 Å². The van der Waals surface area contributed by atoms with Crippen LogP contribution in [0.2, 0.25) is 0 Å². The maximum Gasteiger partial charge on any atom is 0.244 e. The molecule has 2 rings (SSSR count). The largest absolute Gasteiger partial charge is 0.468 e. The number of furan rings is 1. The number of sulfonamides is 1. The van der Waals surface area contributed by atoms with Crippen LogP contribution in [0.4, 0.5) is 0 Å². The van der Waals surface area contributed by atoms with Crippen LogP contribution < -0.4 is 10.0 Å². The first-order chi connectivity index (χ1) is 9.62. The van der Waals surface area contributed by atoms with E-state index in [-0.39, 0.29) is 11.4 Å². The van der Waals surface area contributed by atoms with Gasteiger partial charge in [0.05, 0.1) is 25.5 Å². The van der Waals surface area contributed by atoms with Crippen molar-refractivity contribution in [3.05, 3.63) is 36.5 Å². The second kappa shape index (κ2) is 6.69. The highest BCUT2D eigenvalue weighted by Crippen LogP contribution is 2.08. The molecule has 0 aromatic carbocycles. The van der Waals surface area contributed by atoms with Crippen molar-refractivity contribution in [2.24, 2.45) is 0 Å². The minimum absolute atomic E-state index is 0.123. The van der Waals surface area contributed by atoms with Crippen LogP contribution in [0.5, 0.6) is 0 Å². The standard InChI is InChI=1S/C12H18N4O3S/c1-2-13-5-6-16-10-12(9-14-16)20(17,18)15-8-11-4-3-7-19-11/h3-4,7,9-10,13,15H,2,5-6,8H2,1H3. The molecular formula is C12H18N4O3S. The third kappa shape index (κ3) is 3.92. The molecule has 0 amide bonds. The average molecular weight is 298 g/mol. The van der Waals surface area contributed by atoms with Gasteiger partial charge in [0, 0.05) is 12.7 Å². The zero-order chi connectivity index (χ0) is 14.4. The molecule has 110 valence electrons. The third-order valence-electron chi connectivity index (χ3n) is 2.70. The molecule has 0 bridgehead atoms. The van der Waals surface area contributed by atoms with E-state index in [1.165, 1.54) is 18.7 Å². The molecule has 0 unspecified atom stereocenters. The van der Waals surface area contributed by atoms with Gasteiger partial charge in [0.25, 0.3) is 0 Å². The van der Waals surface area contributed by atoms with E-state index in [1.54, 1.807) is 16.8 Å². The molecule has 7 nitrogen and oxygen atoms in total. The Kier molecular flexibility index (Phi) is 4.94. The Morgan fingerprint density at radius 2 is 2.30 bits per heavy atom. The predicted molar refractivity (Wildman–Crippen MR) is 73.5 cm³/mol. The Labute approximate surface area is 118 Å². The minimum Gasteiger partial charge on any atom is -0.468 e. The molecule has 2 aromatic heterocycles. The molecule has 2 aromatic rings. The van der Waals surface area contributed by atoms with E-state index in [1.807, 2.05) is 6.92 Å². The highest BCUT2D eigenvalue weighted by atomic mass is 32.2. The first-order valence-electron chi connectivity index (χ1n) is 6.37. The molecule has 0 radical (unpaired) electrons. The Bertz CT molecular complexity index is 619. The lowest BCUT2D eigenvalue weighted by atomic mass is 10.5. The Balaban J connectivity index is 1.95. The van der Waals surface area contributed by atoms with E-state index in [0.29, 0.717) is 12.3 Å². The lowest BCUT2D eigenvalue weighted by Crippen LogP contribution is -2.23. The monoisotopic (exact) mass is 298 g/mol. The second-order valence-corrected chi connectivity index (χ2v) is 5.96. The SMILES string of the molecule is CCNCCn1cc(S(=O)(=O)NCc2ccco2)cn1. The summed E-state index contributed by atoms with van der Waals surface area (Å²) in [4.78, 5) is 0.153. The van der Waals surface area contributed by atoms with Crippen molar-refractivity contribution in [1.82, 2.24) is 19.8 Å². The number of rotatable bonds is 8. The van der Waals surface area contributed by atoms with Crippen molar-refractivity contribution in [2.75, 3.05) is 13.1 Å². The van der Waals surface area contributed by atoms with E-state index in [4.69, 9.17) is 4.42 Å². The summed E-state index contributed by atoms with van der Waals surface area (Å²) >= 11 is 0. The molecule has 0 atom stereocenters. The number of aromatic nitrogens is 2. The lowest BCUT2D eigenvalue weighted by Gasteiger charge is -2.03. The molecule has 0 aliphatic rings. The van der Waals surface area contributed by atoms with Gasteiger partial charge < -0.3 is 9.73 Å². The van der Waals surface area contributed by atoms with E-state index in [9.17, 15) is 8.42 Å². The summed E-state index contributed by atoms with van der Waals surface area (Å²) in [5.41, 5.74) is 0. The zero-order valence-electron chi connectivity index (χ0n) is 11.2. The van der Waals surface area contributed by atoms with Crippen molar-refractivity contribution >= 4 is 10.0 Å². The summed E-state index contributed by atoms with van der Waals surface area (Å²) < 4.78 is 33.2. The Morgan fingerprint density at radius 1 is 1.45 bits per heavy atom. The Morgan fingerprint density at radius 3 is 3.00 bits per heavy atom. The van der Waals surface area contributed by atoms with Crippen LogP contribution in [0.1, 0.15) is 12.7 Å². The summed E-state index contributed by atoms with van der Waals surface area (Å²) in [6, 6.07) is 3.42. The van der Waals surface area contributed by atoms with E-state index >= 15 is 0 Å². The number of nitrogens with one attached hydrogen (secondary N) is 2. The number of hydrogen-bond donors (Lipinski definition) is 2. The van der Waals surface area contributed by atoms with Gasteiger partial charge in [0.15, 0.2) is 0 Å². The van der Waals surface area contributed by atoms with Gasteiger partial charge in [-0.2, -0.15) is 5.10 Å². The summed E-state index contributed by atoms with van der Waals surface area (Å²) in [7, 11) is -3.56. The van der Waals surface area contributed by atoms with E-state index < -0.39 is 10.0 Å². The zero-order valence-corrected chi connectivity index (χ0v) is 12.1. The second-order valence-electron chi connectivity index (χ2n) is 4.20. The maximum atomic E-state index is 12.0. The fraction of sp³-hybridized carbons (Fsp3) is 0.417. The molecule has 0 fully saturated rings. The van der Waals surface area contributed by atoms with Crippen LogP contribution in [0, 0.1) is 0 Å². The lowest BCUT2D eigenvalue weighted by molar-refractivity contribution is 0.498. The molecule has 0 saturated carbocycles. The van der Waals surface area contributed by atoms with Gasteiger partial charge in [-0.15, -0.1) is 0 Å². The highest BCUT2D eigenvalue weighted by Gasteiger charge is 2.16. The van der Waals surface area contributed by atoms with Crippen molar-refractivity contribution < 1.29 is 12.8 Å². The van der Waals surface area contributed by atoms with Gasteiger partial charge >= 0.3 is 0 Å². The van der Waals surface area contributed by atoms with Crippen molar-refractivity contribution in [3.63, 3.8) is 0 Å². The van der Waals surface area contributed by atoms with Gasteiger partial charge in [-0.05, 0) is 18.7 Å². The Hall–Kier alpha value is -1.64. The molecule has 2 N–H and O–H groups in total. The molecular weight excluding hydrogens is 280 g/mol. The van der Waals surface area contributed by atoms with Crippen LogP contribution in [0.15, 0.2) is 40.1 Å². The summed E-state index contributed by atoms with van der Waals surface area (Å²) in [5.74, 6) is 0.563. The van der Waals surface area contributed by atoms with Crippen LogP contribution in [0.25, 0.3) is 0 Å². The number of nitrogens with zero attached hydrogens (tertiary/aromatic N) is 2. The average Bonchev–Trinajstić information content (AvgIpc) is 3.08. The molecule has 0 saturated heterocycles. The van der Waals surface area contributed by atoms with Crippen LogP contribution in [-0.2, 0) is 23.1 Å². The summed E-state index contributed by atoms with van der Waals surface area (Å²) in [6.07, 6.45) is 4.36. The summed E-state index contributed by atoms with van der Waals surface area (Å²) in [5, 5.41) is 7.18. The topological polar surface area (TPSA) is 89.2 Å². The van der Waals surface area contributed by atoms with Gasteiger partial charge in [0.2, 0.25) is 10.0 Å². The van der Waals surface area contributed by atoms with Gasteiger partial charge in [-0.25, -0.2) is 13.1 Å². The molecule has 2 heterocycles. The highest BCUT2D eigenvalue weighted by molar-refractivity contribution is 7.89. The van der Waals surface area contributed by atoms with Crippen LogP contribution >= 0.6 is 0 Å². The molecule has 0 spiro atoms. The maximum absolute atomic E-state index is 12.0. The van der Waals surface area contributed by atoms with Crippen molar-refractivity contribution in [2.45, 2.75) is 24.9 Å². The fourth-order valence-corrected chi connectivity index (χ4v) is 2.58. The number of likely N-dealkylation sites (N-methyl/N-ethyl adjacent to an activating group) is 1. The van der Waals surface area contributed by atoms with Crippen molar-refractivity contribution in [3.8, 4) is 0 Å².